The van der Waals surface area contributed by atoms with Gasteiger partial charge in [0.1, 0.15) is 23.0 Å². The zero-order chi connectivity index (χ0) is 20.9. The van der Waals surface area contributed by atoms with Gasteiger partial charge in [0.15, 0.2) is 6.10 Å². The molecule has 0 saturated carbocycles. The van der Waals surface area contributed by atoms with Gasteiger partial charge >= 0.3 is 6.18 Å². The number of hydrogen-bond donors (Lipinski definition) is 0. The van der Waals surface area contributed by atoms with Crippen molar-refractivity contribution < 1.29 is 32.2 Å². The molecule has 9 heteroatoms. The molecule has 28 heavy (non-hydrogen) atoms. The predicted molar refractivity (Wildman–Crippen MR) is 99.0 cm³/mol. The van der Waals surface area contributed by atoms with Crippen LogP contribution in [0.5, 0.6) is 17.2 Å². The summed E-state index contributed by atoms with van der Waals surface area (Å²) in [5, 5.41) is -0.853. The Balaban J connectivity index is 2.08. The summed E-state index contributed by atoms with van der Waals surface area (Å²) in [7, 11) is 1.39. The maximum Gasteiger partial charge on any atom is 0.416 e. The third kappa shape index (κ3) is 6.07. The van der Waals surface area contributed by atoms with Gasteiger partial charge in [0.2, 0.25) is 5.24 Å². The van der Waals surface area contributed by atoms with Gasteiger partial charge < -0.3 is 14.2 Å². The van der Waals surface area contributed by atoms with E-state index in [1.165, 1.54) is 7.11 Å². The van der Waals surface area contributed by atoms with Gasteiger partial charge in [-0.1, -0.05) is 11.6 Å². The van der Waals surface area contributed by atoms with Gasteiger partial charge in [0, 0.05) is 6.08 Å². The Morgan fingerprint density at radius 1 is 1.11 bits per heavy atom. The minimum Gasteiger partial charge on any atom is -0.497 e. The van der Waals surface area contributed by atoms with Gasteiger partial charge in [-0.2, -0.15) is 13.2 Å². The van der Waals surface area contributed by atoms with Crippen molar-refractivity contribution in [1.29, 1.82) is 0 Å². The van der Waals surface area contributed by atoms with E-state index >= 15 is 0 Å². The van der Waals surface area contributed by atoms with Crippen molar-refractivity contribution in [2.75, 3.05) is 7.11 Å². The molecule has 0 fully saturated rings. The van der Waals surface area contributed by atoms with Crippen molar-refractivity contribution in [2.45, 2.75) is 19.2 Å². The molecule has 0 aromatic heterocycles. The van der Waals surface area contributed by atoms with E-state index in [1.807, 2.05) is 0 Å². The van der Waals surface area contributed by atoms with E-state index in [4.69, 9.17) is 37.4 Å². The second kappa shape index (κ2) is 9.21. The van der Waals surface area contributed by atoms with E-state index < -0.39 is 23.1 Å². The summed E-state index contributed by atoms with van der Waals surface area (Å²) in [6.07, 6.45) is -3.96. The van der Waals surface area contributed by atoms with E-state index in [-0.39, 0.29) is 16.5 Å². The molecule has 0 spiro atoms. The molecule has 2 aromatic rings. The lowest BCUT2D eigenvalue weighted by molar-refractivity contribution is -0.137. The van der Waals surface area contributed by atoms with Crippen molar-refractivity contribution in [2.24, 2.45) is 0 Å². The summed E-state index contributed by atoms with van der Waals surface area (Å²) < 4.78 is 54.2. The highest BCUT2D eigenvalue weighted by atomic mass is 35.5. The Hall–Kier alpha value is -2.38. The van der Waals surface area contributed by atoms with Crippen LogP contribution in [0.2, 0.25) is 5.02 Å². The van der Waals surface area contributed by atoms with E-state index in [9.17, 15) is 18.0 Å². The molecule has 1 atom stereocenters. The van der Waals surface area contributed by atoms with E-state index in [2.05, 4.69) is 0 Å². The van der Waals surface area contributed by atoms with Crippen molar-refractivity contribution >= 4 is 28.4 Å². The zero-order valence-electron chi connectivity index (χ0n) is 14.7. The summed E-state index contributed by atoms with van der Waals surface area (Å²) in [4.78, 5) is 11.0. The standard InChI is InChI=1S/C19H15Cl2F3O4/c1-11(17(26-2)10-18(21)25)27-13-4-6-14(7-5-13)28-16-8-3-12(9-15(16)20)19(22,23)24/h3-11H,1-2H3/b17-10-. The Bertz CT molecular complexity index is 864. The normalized spacial score (nSPS) is 13.0. The Kier molecular flexibility index (Phi) is 7.21. The number of hydrogen-bond acceptors (Lipinski definition) is 4. The first-order valence-corrected chi connectivity index (χ1v) is 8.62. The molecule has 0 aliphatic heterocycles. The molecule has 2 aromatic carbocycles. The van der Waals surface area contributed by atoms with E-state index in [1.54, 1.807) is 31.2 Å². The molecule has 0 saturated heterocycles. The third-order valence-electron chi connectivity index (χ3n) is 3.52. The lowest BCUT2D eigenvalue weighted by Gasteiger charge is -2.17. The smallest absolute Gasteiger partial charge is 0.416 e. The fourth-order valence-electron chi connectivity index (χ4n) is 2.19. The molecule has 4 nitrogen and oxygen atoms in total. The molecule has 150 valence electrons. The lowest BCUT2D eigenvalue weighted by Crippen LogP contribution is -2.17. The first kappa shape index (κ1) is 21.9. The van der Waals surface area contributed by atoms with Gasteiger partial charge in [-0.3, -0.25) is 4.79 Å². The van der Waals surface area contributed by atoms with Gasteiger partial charge in [-0.15, -0.1) is 0 Å². The highest BCUT2D eigenvalue weighted by molar-refractivity contribution is 6.66. The van der Waals surface area contributed by atoms with Crippen molar-refractivity contribution in [3.05, 3.63) is 64.9 Å². The number of carbonyl (C=O) groups excluding carboxylic acids is 1. The van der Waals surface area contributed by atoms with Crippen LogP contribution in [-0.2, 0) is 15.7 Å². The van der Waals surface area contributed by atoms with E-state index in [0.29, 0.717) is 11.5 Å². The topological polar surface area (TPSA) is 44.8 Å². The molecule has 0 N–H and O–H groups in total. The van der Waals surface area contributed by atoms with Crippen LogP contribution < -0.4 is 9.47 Å². The minimum absolute atomic E-state index is 0.0851. The molecule has 2 rings (SSSR count). The van der Waals surface area contributed by atoms with Crippen LogP contribution in [0, 0.1) is 0 Å². The fourth-order valence-corrected chi connectivity index (χ4v) is 2.52. The Labute approximate surface area is 169 Å². The highest BCUT2D eigenvalue weighted by Gasteiger charge is 2.31. The molecule has 0 heterocycles. The number of benzene rings is 2. The lowest BCUT2D eigenvalue weighted by atomic mass is 10.2. The maximum absolute atomic E-state index is 12.7. The van der Waals surface area contributed by atoms with Gasteiger partial charge in [-0.05, 0) is 61.0 Å². The molecular formula is C19H15Cl2F3O4. The largest absolute Gasteiger partial charge is 0.497 e. The number of alkyl halides is 3. The SMILES string of the molecule is CO/C(=C\C(=O)Cl)C(C)Oc1ccc(Oc2ccc(C(F)(F)F)cc2Cl)cc1. The number of rotatable bonds is 7. The molecule has 0 aliphatic rings. The van der Waals surface area contributed by atoms with Crippen LogP contribution in [0.4, 0.5) is 13.2 Å². The summed E-state index contributed by atoms with van der Waals surface area (Å²) in [5.74, 6) is 1.13. The second-order valence-electron chi connectivity index (χ2n) is 5.53. The first-order chi connectivity index (χ1) is 13.1. The van der Waals surface area contributed by atoms with Crippen LogP contribution in [0.3, 0.4) is 0 Å². The molecule has 0 amide bonds. The van der Waals surface area contributed by atoms with Crippen molar-refractivity contribution in [3.63, 3.8) is 0 Å². The number of methoxy groups -OCH3 is 1. The fraction of sp³-hybridized carbons (Fsp3) is 0.211. The molecule has 0 bridgehead atoms. The van der Waals surface area contributed by atoms with E-state index in [0.717, 1.165) is 24.3 Å². The molecule has 0 aliphatic carbocycles. The van der Waals surface area contributed by atoms with Gasteiger partial charge in [0.05, 0.1) is 17.7 Å². The van der Waals surface area contributed by atoms with Crippen LogP contribution in [0.1, 0.15) is 12.5 Å². The highest BCUT2D eigenvalue weighted by Crippen LogP contribution is 2.36. The van der Waals surface area contributed by atoms with Crippen LogP contribution in [-0.4, -0.2) is 18.5 Å². The molecule has 1 unspecified atom stereocenters. The summed E-state index contributed by atoms with van der Waals surface area (Å²) in [6, 6.07) is 9.11. The number of halogens is 5. The maximum atomic E-state index is 12.7. The van der Waals surface area contributed by atoms with Crippen molar-refractivity contribution in [1.82, 2.24) is 0 Å². The Morgan fingerprint density at radius 3 is 2.21 bits per heavy atom. The van der Waals surface area contributed by atoms with Crippen molar-refractivity contribution in [3.8, 4) is 17.2 Å². The number of ether oxygens (including phenoxy) is 3. The average molecular weight is 435 g/mol. The van der Waals surface area contributed by atoms with Crippen LogP contribution in [0.25, 0.3) is 0 Å². The monoisotopic (exact) mass is 434 g/mol. The zero-order valence-corrected chi connectivity index (χ0v) is 16.2. The second-order valence-corrected chi connectivity index (χ2v) is 6.31. The summed E-state index contributed by atoms with van der Waals surface area (Å²) in [6.45, 7) is 1.67. The summed E-state index contributed by atoms with van der Waals surface area (Å²) in [5.41, 5.74) is -0.861. The summed E-state index contributed by atoms with van der Waals surface area (Å²) >= 11 is 11.2. The van der Waals surface area contributed by atoms with Crippen LogP contribution in [0.15, 0.2) is 54.3 Å². The predicted octanol–water partition coefficient (Wildman–Crippen LogP) is 6.21. The average Bonchev–Trinajstić information content (AvgIpc) is 2.61. The Morgan fingerprint density at radius 2 is 1.71 bits per heavy atom. The quantitative estimate of drug-likeness (QED) is 0.295. The first-order valence-electron chi connectivity index (χ1n) is 7.86. The number of carbonyl (C=O) groups is 1. The number of allylic oxidation sites excluding steroid dienone is 1. The molecular weight excluding hydrogens is 420 g/mol. The van der Waals surface area contributed by atoms with Gasteiger partial charge in [-0.25, -0.2) is 0 Å². The third-order valence-corrected chi connectivity index (χ3v) is 3.92. The minimum atomic E-state index is -4.48. The molecule has 0 radical (unpaired) electrons. The van der Waals surface area contributed by atoms with Crippen LogP contribution >= 0.6 is 23.2 Å². The van der Waals surface area contributed by atoms with Gasteiger partial charge in [0.25, 0.3) is 0 Å².